The predicted octanol–water partition coefficient (Wildman–Crippen LogP) is 1.91. The first-order valence-electron chi connectivity index (χ1n) is 5.06. The largest absolute Gasteiger partial charge is 0.397 e. The van der Waals surface area contributed by atoms with E-state index in [4.69, 9.17) is 10.5 Å². The fourth-order valence-corrected chi connectivity index (χ4v) is 1.11. The zero-order valence-electron chi connectivity index (χ0n) is 9.59. The van der Waals surface area contributed by atoms with Crippen LogP contribution in [0.1, 0.15) is 13.8 Å². The minimum Gasteiger partial charge on any atom is -0.397 e. The van der Waals surface area contributed by atoms with Gasteiger partial charge in [0.1, 0.15) is 12.3 Å². The number of hydrogen-bond donors (Lipinski definition) is 2. The van der Waals surface area contributed by atoms with Gasteiger partial charge in [0.2, 0.25) is 0 Å². The number of benzene rings is 1. The lowest BCUT2D eigenvalue weighted by Crippen LogP contribution is -2.22. The van der Waals surface area contributed by atoms with Crippen molar-refractivity contribution in [3.05, 3.63) is 23.8 Å². The van der Waals surface area contributed by atoms with Crippen molar-refractivity contribution in [1.82, 2.24) is 0 Å². The number of hydrogen-bond acceptors (Lipinski definition) is 3. The third-order valence-corrected chi connectivity index (χ3v) is 1.94. The quantitative estimate of drug-likeness (QED) is 0.795. The molecule has 0 aromatic heterocycles. The van der Waals surface area contributed by atoms with E-state index in [1.807, 2.05) is 0 Å². The molecule has 0 saturated heterocycles. The molecule has 0 aliphatic rings. The van der Waals surface area contributed by atoms with Crippen LogP contribution < -0.4 is 11.1 Å². The summed E-state index contributed by atoms with van der Waals surface area (Å²) >= 11 is 0. The van der Waals surface area contributed by atoms with Crippen molar-refractivity contribution >= 4 is 17.3 Å². The van der Waals surface area contributed by atoms with E-state index < -0.39 is 17.5 Å². The van der Waals surface area contributed by atoms with Gasteiger partial charge in [0.15, 0.2) is 11.6 Å². The van der Waals surface area contributed by atoms with E-state index >= 15 is 0 Å². The van der Waals surface area contributed by atoms with Crippen LogP contribution in [0.15, 0.2) is 12.1 Å². The summed E-state index contributed by atoms with van der Waals surface area (Å²) < 4.78 is 31.2. The molecule has 0 unspecified atom stereocenters. The van der Waals surface area contributed by atoms with Crippen LogP contribution in [0, 0.1) is 11.6 Å². The van der Waals surface area contributed by atoms with Crippen LogP contribution in [-0.2, 0) is 9.53 Å². The van der Waals surface area contributed by atoms with Gasteiger partial charge in [-0.3, -0.25) is 4.79 Å². The molecule has 3 N–H and O–H groups in total. The van der Waals surface area contributed by atoms with Gasteiger partial charge < -0.3 is 15.8 Å². The van der Waals surface area contributed by atoms with Gasteiger partial charge in [0, 0.05) is 0 Å². The zero-order valence-corrected chi connectivity index (χ0v) is 9.59. The second kappa shape index (κ2) is 5.58. The van der Waals surface area contributed by atoms with Gasteiger partial charge in [-0.15, -0.1) is 0 Å². The van der Waals surface area contributed by atoms with Gasteiger partial charge in [0.05, 0.1) is 11.8 Å². The van der Waals surface area contributed by atoms with E-state index in [0.717, 1.165) is 6.07 Å². The van der Waals surface area contributed by atoms with Gasteiger partial charge in [0.25, 0.3) is 5.91 Å². The Morgan fingerprint density at radius 1 is 1.47 bits per heavy atom. The number of halogens is 2. The molecule has 1 amide bonds. The van der Waals surface area contributed by atoms with Gasteiger partial charge >= 0.3 is 0 Å². The van der Waals surface area contributed by atoms with Crippen LogP contribution in [0.5, 0.6) is 0 Å². The molecule has 0 aliphatic heterocycles. The maximum Gasteiger partial charge on any atom is 0.250 e. The maximum absolute atomic E-state index is 13.3. The average molecular weight is 244 g/mol. The van der Waals surface area contributed by atoms with Crippen molar-refractivity contribution in [3.8, 4) is 0 Å². The summed E-state index contributed by atoms with van der Waals surface area (Å²) in [6.45, 7) is 3.27. The molecule has 0 bridgehead atoms. The molecule has 94 valence electrons. The highest BCUT2D eigenvalue weighted by molar-refractivity contribution is 5.94. The first kappa shape index (κ1) is 13.4. The fourth-order valence-electron chi connectivity index (χ4n) is 1.11. The van der Waals surface area contributed by atoms with E-state index in [9.17, 15) is 13.6 Å². The van der Waals surface area contributed by atoms with Crippen molar-refractivity contribution in [3.63, 3.8) is 0 Å². The summed E-state index contributed by atoms with van der Waals surface area (Å²) in [4.78, 5) is 11.4. The number of nitrogens with one attached hydrogen (secondary N) is 1. The maximum atomic E-state index is 13.3. The summed E-state index contributed by atoms with van der Waals surface area (Å²) in [7, 11) is 0. The average Bonchev–Trinajstić information content (AvgIpc) is 2.27. The van der Waals surface area contributed by atoms with Crippen LogP contribution in [0.25, 0.3) is 0 Å². The molecular weight excluding hydrogens is 230 g/mol. The topological polar surface area (TPSA) is 64.3 Å². The molecule has 0 aliphatic carbocycles. The summed E-state index contributed by atoms with van der Waals surface area (Å²) in [5.74, 6) is -2.84. The highest BCUT2D eigenvalue weighted by Gasteiger charge is 2.14. The minimum atomic E-state index is -1.18. The third-order valence-electron chi connectivity index (χ3n) is 1.94. The molecule has 1 aromatic carbocycles. The van der Waals surface area contributed by atoms with Crippen molar-refractivity contribution in [2.45, 2.75) is 20.0 Å². The second-order valence-electron chi connectivity index (χ2n) is 3.73. The number of carbonyl (C=O) groups excluding carboxylic acids is 1. The lowest BCUT2D eigenvalue weighted by Gasteiger charge is -2.11. The van der Waals surface area contributed by atoms with Crippen LogP contribution >= 0.6 is 0 Å². The minimum absolute atomic E-state index is 0.0400. The Bertz CT molecular complexity index is 422. The Kier molecular flexibility index (Phi) is 4.39. The molecule has 4 nitrogen and oxygen atoms in total. The number of ether oxygens (including phenoxy) is 1. The Labute approximate surface area is 97.8 Å². The molecule has 0 radical (unpaired) electrons. The van der Waals surface area contributed by atoms with Gasteiger partial charge in [-0.05, 0) is 26.0 Å². The van der Waals surface area contributed by atoms with Crippen molar-refractivity contribution in [1.29, 1.82) is 0 Å². The van der Waals surface area contributed by atoms with Gasteiger partial charge in [-0.25, -0.2) is 8.78 Å². The number of anilines is 2. The highest BCUT2D eigenvalue weighted by atomic mass is 19.2. The first-order valence-corrected chi connectivity index (χ1v) is 5.06. The summed E-state index contributed by atoms with van der Waals surface area (Å²) in [6, 6.07) is 2.07. The van der Waals surface area contributed by atoms with Crippen LogP contribution in [0.4, 0.5) is 20.2 Å². The number of nitrogens with two attached hydrogens (primary N) is 1. The number of carbonyl (C=O) groups is 1. The standard InChI is InChI=1S/C11H14F2N2O2/c1-6(2)17-5-9(16)15-11-8(14)4-3-7(12)10(11)13/h3-4,6H,5,14H2,1-2H3,(H,15,16). The molecule has 17 heavy (non-hydrogen) atoms. The van der Waals surface area contributed by atoms with E-state index in [0.29, 0.717) is 0 Å². The Morgan fingerprint density at radius 2 is 2.12 bits per heavy atom. The molecule has 0 saturated carbocycles. The fraction of sp³-hybridized carbons (Fsp3) is 0.364. The van der Waals surface area contributed by atoms with Gasteiger partial charge in [-0.1, -0.05) is 0 Å². The SMILES string of the molecule is CC(C)OCC(=O)Nc1c(N)ccc(F)c1F. The van der Waals surface area contributed by atoms with Crippen molar-refractivity contribution in [2.24, 2.45) is 0 Å². The molecule has 6 heteroatoms. The van der Waals surface area contributed by atoms with Crippen LogP contribution in [0.2, 0.25) is 0 Å². The highest BCUT2D eigenvalue weighted by Crippen LogP contribution is 2.24. The van der Waals surface area contributed by atoms with Gasteiger partial charge in [-0.2, -0.15) is 0 Å². The monoisotopic (exact) mass is 244 g/mol. The van der Waals surface area contributed by atoms with Crippen LogP contribution in [0.3, 0.4) is 0 Å². The molecule has 0 spiro atoms. The molecular formula is C11H14F2N2O2. The molecule has 0 atom stereocenters. The summed E-state index contributed by atoms with van der Waals surface area (Å²) in [5.41, 5.74) is 5.03. The lowest BCUT2D eigenvalue weighted by molar-refractivity contribution is -0.121. The van der Waals surface area contributed by atoms with E-state index in [1.54, 1.807) is 13.8 Å². The lowest BCUT2D eigenvalue weighted by atomic mass is 10.2. The van der Waals surface area contributed by atoms with E-state index in [2.05, 4.69) is 5.32 Å². The Morgan fingerprint density at radius 3 is 2.71 bits per heavy atom. The Balaban J connectivity index is 2.74. The van der Waals surface area contributed by atoms with E-state index in [1.165, 1.54) is 6.07 Å². The smallest absolute Gasteiger partial charge is 0.250 e. The second-order valence-corrected chi connectivity index (χ2v) is 3.73. The Hall–Kier alpha value is -1.69. The molecule has 0 heterocycles. The molecule has 0 fully saturated rings. The first-order chi connectivity index (χ1) is 7.91. The number of nitrogen functional groups attached to an aromatic ring is 1. The normalized spacial score (nSPS) is 10.6. The summed E-state index contributed by atoms with van der Waals surface area (Å²) in [6.07, 6.45) is -0.129. The summed E-state index contributed by atoms with van der Waals surface area (Å²) in [5, 5.41) is 2.17. The number of amides is 1. The zero-order chi connectivity index (χ0) is 13.0. The van der Waals surface area contributed by atoms with Crippen LogP contribution in [-0.4, -0.2) is 18.6 Å². The van der Waals surface area contributed by atoms with E-state index in [-0.39, 0.29) is 24.1 Å². The van der Waals surface area contributed by atoms with Crippen molar-refractivity contribution < 1.29 is 18.3 Å². The molecule has 1 rings (SSSR count). The molecule has 1 aromatic rings. The third kappa shape index (κ3) is 3.67. The number of rotatable bonds is 4. The van der Waals surface area contributed by atoms with Crippen molar-refractivity contribution in [2.75, 3.05) is 17.7 Å². The predicted molar refractivity (Wildman–Crippen MR) is 60.5 cm³/mol.